The van der Waals surface area contributed by atoms with Crippen LogP contribution < -0.4 is 10.6 Å². The summed E-state index contributed by atoms with van der Waals surface area (Å²) in [5.74, 6) is -0.681. The van der Waals surface area contributed by atoms with Gasteiger partial charge in [0, 0.05) is 16.8 Å². The zero-order chi connectivity index (χ0) is 13.8. The maximum absolute atomic E-state index is 11.7. The van der Waals surface area contributed by atoms with E-state index >= 15 is 0 Å². The van der Waals surface area contributed by atoms with Crippen molar-refractivity contribution in [3.63, 3.8) is 0 Å². The van der Waals surface area contributed by atoms with Crippen molar-refractivity contribution in [3.8, 4) is 0 Å². The highest BCUT2D eigenvalue weighted by Gasteiger charge is 2.15. The van der Waals surface area contributed by atoms with Crippen molar-refractivity contribution in [2.75, 3.05) is 6.54 Å². The topological polar surface area (TPSA) is 71.1 Å². The van der Waals surface area contributed by atoms with E-state index in [2.05, 4.69) is 15.6 Å². The first-order chi connectivity index (χ1) is 8.28. The Labute approximate surface area is 111 Å². The van der Waals surface area contributed by atoms with Crippen molar-refractivity contribution in [1.82, 2.24) is 15.6 Å². The van der Waals surface area contributed by atoms with Crippen LogP contribution in [-0.2, 0) is 4.79 Å². The number of aromatic nitrogens is 1. The van der Waals surface area contributed by atoms with Crippen LogP contribution in [0.2, 0.25) is 5.02 Å². The smallest absolute Gasteiger partial charge is 0.270 e. The average Bonchev–Trinajstić information content (AvgIpc) is 2.23. The van der Waals surface area contributed by atoms with Crippen LogP contribution in [0.1, 0.15) is 31.3 Å². The van der Waals surface area contributed by atoms with E-state index in [1.54, 1.807) is 6.07 Å². The van der Waals surface area contributed by atoms with Gasteiger partial charge in [-0.15, -0.1) is 0 Å². The predicted molar refractivity (Wildman–Crippen MR) is 69.5 cm³/mol. The van der Waals surface area contributed by atoms with E-state index in [0.717, 1.165) is 0 Å². The minimum Gasteiger partial charge on any atom is -0.350 e. The summed E-state index contributed by atoms with van der Waals surface area (Å²) in [6, 6.07) is 3.02. The summed E-state index contributed by atoms with van der Waals surface area (Å²) < 4.78 is 0. The van der Waals surface area contributed by atoms with E-state index in [-0.39, 0.29) is 23.7 Å². The molecule has 0 saturated carbocycles. The van der Waals surface area contributed by atoms with Gasteiger partial charge in [0.1, 0.15) is 5.69 Å². The third-order valence-corrected chi connectivity index (χ3v) is 2.11. The van der Waals surface area contributed by atoms with Crippen LogP contribution in [0.3, 0.4) is 0 Å². The van der Waals surface area contributed by atoms with Gasteiger partial charge in [0.2, 0.25) is 5.91 Å². The number of pyridine rings is 1. The molecular weight excluding hydrogens is 254 g/mol. The molecule has 98 valence electrons. The molecule has 1 aromatic rings. The van der Waals surface area contributed by atoms with Crippen LogP contribution in [0, 0.1) is 0 Å². The minimum atomic E-state index is -0.429. The van der Waals surface area contributed by atoms with Crippen molar-refractivity contribution in [2.45, 2.75) is 26.3 Å². The Morgan fingerprint density at radius 1 is 1.39 bits per heavy atom. The van der Waals surface area contributed by atoms with Crippen molar-refractivity contribution in [3.05, 3.63) is 29.0 Å². The lowest BCUT2D eigenvalue weighted by Gasteiger charge is -2.20. The molecule has 6 heteroatoms. The highest BCUT2D eigenvalue weighted by molar-refractivity contribution is 6.30. The molecule has 1 aromatic heterocycles. The Morgan fingerprint density at radius 3 is 2.61 bits per heavy atom. The first-order valence-corrected chi connectivity index (χ1v) is 5.86. The summed E-state index contributed by atoms with van der Waals surface area (Å²) in [4.78, 5) is 27.0. The second kappa shape index (κ2) is 5.82. The second-order valence-electron chi connectivity index (χ2n) is 4.84. The van der Waals surface area contributed by atoms with Crippen LogP contribution in [0.25, 0.3) is 0 Å². The third-order valence-electron chi connectivity index (χ3n) is 1.88. The van der Waals surface area contributed by atoms with Crippen molar-refractivity contribution >= 4 is 23.4 Å². The predicted octanol–water partition coefficient (Wildman–Crippen LogP) is 1.38. The molecule has 18 heavy (non-hydrogen) atoms. The number of hydrogen-bond acceptors (Lipinski definition) is 3. The van der Waals surface area contributed by atoms with E-state index in [9.17, 15) is 9.59 Å². The first-order valence-electron chi connectivity index (χ1n) is 5.49. The molecule has 0 radical (unpaired) electrons. The number of carbonyl (C=O) groups is 2. The van der Waals surface area contributed by atoms with Gasteiger partial charge in [0.15, 0.2) is 0 Å². The fraction of sp³-hybridized carbons (Fsp3) is 0.417. The monoisotopic (exact) mass is 269 g/mol. The van der Waals surface area contributed by atoms with E-state index < -0.39 is 5.91 Å². The molecule has 0 fully saturated rings. The molecule has 0 aromatic carbocycles. The average molecular weight is 270 g/mol. The molecule has 0 saturated heterocycles. The molecule has 0 aliphatic carbocycles. The van der Waals surface area contributed by atoms with E-state index in [4.69, 9.17) is 11.6 Å². The standard InChI is InChI=1S/C12H16ClN3O2/c1-12(2,3)16-10(17)7-15-11(18)9-6-8(13)4-5-14-9/h4-6H,7H2,1-3H3,(H,15,18)(H,16,17). The summed E-state index contributed by atoms with van der Waals surface area (Å²) >= 11 is 5.74. The molecule has 0 unspecified atom stereocenters. The second-order valence-corrected chi connectivity index (χ2v) is 5.28. The fourth-order valence-electron chi connectivity index (χ4n) is 1.24. The maximum Gasteiger partial charge on any atom is 0.270 e. The Bertz CT molecular complexity index is 455. The molecule has 0 spiro atoms. The number of rotatable bonds is 3. The van der Waals surface area contributed by atoms with Gasteiger partial charge < -0.3 is 10.6 Å². The zero-order valence-corrected chi connectivity index (χ0v) is 11.3. The molecule has 1 heterocycles. The number of hydrogen-bond donors (Lipinski definition) is 2. The van der Waals surface area contributed by atoms with Crippen LogP contribution in [-0.4, -0.2) is 28.9 Å². The summed E-state index contributed by atoms with van der Waals surface area (Å²) in [5, 5.41) is 5.64. The molecule has 0 bridgehead atoms. The van der Waals surface area contributed by atoms with Gasteiger partial charge in [-0.25, -0.2) is 0 Å². The van der Waals surface area contributed by atoms with Crippen LogP contribution in [0.15, 0.2) is 18.3 Å². The largest absolute Gasteiger partial charge is 0.350 e. The summed E-state index contributed by atoms with van der Waals surface area (Å²) in [5.41, 5.74) is -0.137. The minimum absolute atomic E-state index is 0.0930. The van der Waals surface area contributed by atoms with Gasteiger partial charge in [-0.2, -0.15) is 0 Å². The van der Waals surface area contributed by atoms with Crippen LogP contribution in [0.4, 0.5) is 0 Å². The molecular formula is C12H16ClN3O2. The van der Waals surface area contributed by atoms with Gasteiger partial charge in [-0.1, -0.05) is 11.6 Å². The van der Waals surface area contributed by atoms with E-state index in [1.165, 1.54) is 12.3 Å². The Kier molecular flexibility index (Phi) is 4.67. The van der Waals surface area contributed by atoms with Gasteiger partial charge in [0.05, 0.1) is 6.54 Å². The summed E-state index contributed by atoms with van der Waals surface area (Å²) in [6.45, 7) is 5.51. The first kappa shape index (κ1) is 14.4. The molecule has 2 N–H and O–H groups in total. The lowest BCUT2D eigenvalue weighted by molar-refractivity contribution is -0.121. The Balaban J connectivity index is 2.49. The third kappa shape index (κ3) is 5.14. The quantitative estimate of drug-likeness (QED) is 0.871. The molecule has 0 aliphatic heterocycles. The highest BCUT2D eigenvalue weighted by Crippen LogP contribution is 2.07. The fourth-order valence-corrected chi connectivity index (χ4v) is 1.40. The van der Waals surface area contributed by atoms with Gasteiger partial charge in [-0.3, -0.25) is 14.6 Å². The van der Waals surface area contributed by atoms with Gasteiger partial charge >= 0.3 is 0 Å². The Morgan fingerprint density at radius 2 is 2.06 bits per heavy atom. The van der Waals surface area contributed by atoms with Gasteiger partial charge in [0.25, 0.3) is 5.91 Å². The molecule has 5 nitrogen and oxygen atoms in total. The number of carbonyl (C=O) groups excluding carboxylic acids is 2. The maximum atomic E-state index is 11.7. The van der Waals surface area contributed by atoms with Crippen molar-refractivity contribution < 1.29 is 9.59 Å². The summed E-state index contributed by atoms with van der Waals surface area (Å²) in [7, 11) is 0. The lowest BCUT2D eigenvalue weighted by Crippen LogP contribution is -2.45. The molecule has 0 aliphatic rings. The molecule has 2 amide bonds. The molecule has 0 atom stereocenters. The number of nitrogens with zero attached hydrogens (tertiary/aromatic N) is 1. The molecule has 1 rings (SSSR count). The summed E-state index contributed by atoms with van der Waals surface area (Å²) in [6.07, 6.45) is 1.44. The lowest BCUT2D eigenvalue weighted by atomic mass is 10.1. The number of nitrogens with one attached hydrogen (secondary N) is 2. The van der Waals surface area contributed by atoms with E-state index in [1.807, 2.05) is 20.8 Å². The number of amides is 2. The van der Waals surface area contributed by atoms with Gasteiger partial charge in [-0.05, 0) is 32.9 Å². The normalized spacial score (nSPS) is 10.9. The van der Waals surface area contributed by atoms with E-state index in [0.29, 0.717) is 5.02 Å². The Hall–Kier alpha value is -1.62. The van der Waals surface area contributed by atoms with Crippen molar-refractivity contribution in [1.29, 1.82) is 0 Å². The zero-order valence-electron chi connectivity index (χ0n) is 10.6. The van der Waals surface area contributed by atoms with Crippen molar-refractivity contribution in [2.24, 2.45) is 0 Å². The van der Waals surface area contributed by atoms with Crippen LogP contribution in [0.5, 0.6) is 0 Å². The van der Waals surface area contributed by atoms with Crippen LogP contribution >= 0.6 is 11.6 Å². The SMILES string of the molecule is CC(C)(C)NC(=O)CNC(=O)c1cc(Cl)ccn1. The number of halogens is 1. The highest BCUT2D eigenvalue weighted by atomic mass is 35.5.